The van der Waals surface area contributed by atoms with Crippen molar-refractivity contribution >= 4 is 17.7 Å². The number of esters is 1. The lowest BCUT2D eigenvalue weighted by molar-refractivity contribution is -0.160. The van der Waals surface area contributed by atoms with Gasteiger partial charge in [-0.3, -0.25) is 4.79 Å². The average Bonchev–Trinajstić information content (AvgIpc) is 3.18. The molecule has 4 aliphatic carbocycles. The van der Waals surface area contributed by atoms with Crippen molar-refractivity contribution in [2.45, 2.75) is 88.7 Å². The minimum atomic E-state index is -0.0799. The first kappa shape index (κ1) is 16.0. The monoisotopic (exact) mass is 348 g/mol. The lowest BCUT2D eigenvalue weighted by Gasteiger charge is -2.60. The fourth-order valence-corrected chi connectivity index (χ4v) is 9.23. The minimum absolute atomic E-state index is 0.0799. The first-order chi connectivity index (χ1) is 11.4. The fourth-order valence-electron chi connectivity index (χ4n) is 7.87. The van der Waals surface area contributed by atoms with E-state index in [1.165, 1.54) is 44.9 Å². The van der Waals surface area contributed by atoms with E-state index in [2.05, 4.69) is 25.6 Å². The van der Waals surface area contributed by atoms with Crippen LogP contribution in [0.3, 0.4) is 0 Å². The molecule has 0 bridgehead atoms. The Hall–Kier alpha value is -0.180. The van der Waals surface area contributed by atoms with Crippen LogP contribution in [-0.2, 0) is 9.53 Å². The van der Waals surface area contributed by atoms with Gasteiger partial charge in [-0.25, -0.2) is 0 Å². The van der Waals surface area contributed by atoms with E-state index in [4.69, 9.17) is 4.74 Å². The van der Waals surface area contributed by atoms with Crippen LogP contribution >= 0.6 is 11.8 Å². The molecule has 0 spiro atoms. The molecule has 2 nitrogen and oxygen atoms in total. The van der Waals surface area contributed by atoms with Crippen LogP contribution in [-0.4, -0.2) is 22.6 Å². The van der Waals surface area contributed by atoms with Crippen LogP contribution in [0.5, 0.6) is 0 Å². The van der Waals surface area contributed by atoms with E-state index in [-0.39, 0.29) is 17.5 Å². The van der Waals surface area contributed by atoms with Gasteiger partial charge in [-0.1, -0.05) is 13.8 Å². The molecule has 24 heavy (non-hydrogen) atoms. The quantitative estimate of drug-likeness (QED) is 0.490. The van der Waals surface area contributed by atoms with Crippen molar-refractivity contribution in [3.63, 3.8) is 0 Å². The number of hydrogen-bond acceptors (Lipinski definition) is 3. The molecule has 0 N–H and O–H groups in total. The lowest BCUT2D eigenvalue weighted by Crippen LogP contribution is -2.54. The van der Waals surface area contributed by atoms with Gasteiger partial charge in [-0.15, -0.1) is 0 Å². The Morgan fingerprint density at radius 2 is 1.79 bits per heavy atom. The zero-order valence-electron chi connectivity index (χ0n) is 15.4. The molecule has 0 aromatic carbocycles. The predicted molar refractivity (Wildman–Crippen MR) is 97.8 cm³/mol. The third-order valence-electron chi connectivity index (χ3n) is 9.13. The standard InChI is InChI=1S/C21H32O2S/c1-12(22)23-19-7-6-15-14-5-4-13-10-17-18(24-17)11-21(13,3)16(14)8-9-20(15,19)2/h13-19H,4-11H2,1-3H3/t13-,14-,15-,16-,17-,18+,19-,20-,21-/m0/s1. The summed E-state index contributed by atoms with van der Waals surface area (Å²) >= 11 is 2.27. The van der Waals surface area contributed by atoms with Gasteiger partial charge in [0.1, 0.15) is 6.10 Å². The molecule has 9 atom stereocenters. The van der Waals surface area contributed by atoms with Gasteiger partial charge in [0.25, 0.3) is 0 Å². The highest BCUT2D eigenvalue weighted by molar-refractivity contribution is 8.07. The first-order valence-electron chi connectivity index (χ1n) is 10.2. The smallest absolute Gasteiger partial charge is 0.302 e. The molecule has 0 radical (unpaired) electrons. The third kappa shape index (κ3) is 2.12. The molecule has 3 heteroatoms. The molecule has 4 saturated carbocycles. The molecule has 5 aliphatic rings. The Morgan fingerprint density at radius 1 is 1.00 bits per heavy atom. The summed E-state index contributed by atoms with van der Waals surface area (Å²) in [5, 5.41) is 2.02. The Morgan fingerprint density at radius 3 is 2.58 bits per heavy atom. The van der Waals surface area contributed by atoms with Crippen LogP contribution in [0.2, 0.25) is 0 Å². The van der Waals surface area contributed by atoms with Crippen LogP contribution in [0.15, 0.2) is 0 Å². The number of carbonyl (C=O) groups is 1. The molecule has 1 aliphatic heterocycles. The van der Waals surface area contributed by atoms with E-state index in [0.29, 0.717) is 5.41 Å². The molecule has 1 heterocycles. The Labute approximate surface area is 150 Å². The molecule has 1 saturated heterocycles. The summed E-state index contributed by atoms with van der Waals surface area (Å²) in [4.78, 5) is 11.6. The number of thioether (sulfide) groups is 1. The fraction of sp³-hybridized carbons (Fsp3) is 0.952. The second-order valence-electron chi connectivity index (χ2n) is 10.0. The molecule has 5 fully saturated rings. The molecular weight excluding hydrogens is 316 g/mol. The van der Waals surface area contributed by atoms with Gasteiger partial charge >= 0.3 is 5.97 Å². The number of ether oxygens (including phenoxy) is 1. The van der Waals surface area contributed by atoms with Crippen LogP contribution in [0.4, 0.5) is 0 Å². The lowest BCUT2D eigenvalue weighted by atomic mass is 9.45. The van der Waals surface area contributed by atoms with Gasteiger partial charge in [-0.05, 0) is 80.5 Å². The van der Waals surface area contributed by atoms with Gasteiger partial charge in [0.2, 0.25) is 0 Å². The highest BCUT2D eigenvalue weighted by atomic mass is 32.2. The molecule has 0 unspecified atom stereocenters. The highest BCUT2D eigenvalue weighted by Gasteiger charge is 2.63. The van der Waals surface area contributed by atoms with Gasteiger partial charge in [-0.2, -0.15) is 11.8 Å². The normalized spacial score (nSPS) is 58.0. The summed E-state index contributed by atoms with van der Waals surface area (Å²) < 4.78 is 5.78. The predicted octanol–water partition coefficient (Wildman–Crippen LogP) is 5.05. The van der Waals surface area contributed by atoms with E-state index in [1.807, 2.05) is 0 Å². The molecular formula is C21H32O2S. The third-order valence-corrected chi connectivity index (χ3v) is 10.5. The maximum absolute atomic E-state index is 11.6. The van der Waals surface area contributed by atoms with Crippen molar-refractivity contribution in [3.05, 3.63) is 0 Å². The SMILES string of the molecule is CC(=O)O[C@H]1CC[C@H]2[C@@H]3CC[C@H]4C[C@@H]5S[C@@H]5C[C@]4(C)[C@H]3CC[C@]12C. The number of fused-ring (bicyclic) bond motifs is 6. The van der Waals surface area contributed by atoms with E-state index < -0.39 is 0 Å². The summed E-state index contributed by atoms with van der Waals surface area (Å²) in [6.45, 7) is 6.68. The van der Waals surface area contributed by atoms with Crippen LogP contribution < -0.4 is 0 Å². The van der Waals surface area contributed by atoms with Crippen molar-refractivity contribution in [2.24, 2.45) is 34.5 Å². The van der Waals surface area contributed by atoms with Crippen molar-refractivity contribution in [3.8, 4) is 0 Å². The largest absolute Gasteiger partial charge is 0.462 e. The van der Waals surface area contributed by atoms with Gasteiger partial charge in [0, 0.05) is 22.8 Å². The second-order valence-corrected chi connectivity index (χ2v) is 11.5. The van der Waals surface area contributed by atoms with Crippen LogP contribution in [0.25, 0.3) is 0 Å². The van der Waals surface area contributed by atoms with Crippen molar-refractivity contribution in [1.29, 1.82) is 0 Å². The summed E-state index contributed by atoms with van der Waals surface area (Å²) in [6.07, 6.45) is 11.1. The van der Waals surface area contributed by atoms with Crippen molar-refractivity contribution < 1.29 is 9.53 Å². The summed E-state index contributed by atoms with van der Waals surface area (Å²) in [5.74, 6) is 3.54. The van der Waals surface area contributed by atoms with Crippen molar-refractivity contribution in [2.75, 3.05) is 0 Å². The van der Waals surface area contributed by atoms with Crippen molar-refractivity contribution in [1.82, 2.24) is 0 Å². The van der Waals surface area contributed by atoms with E-state index in [9.17, 15) is 4.79 Å². The Bertz CT molecular complexity index is 562. The summed E-state index contributed by atoms with van der Waals surface area (Å²) in [7, 11) is 0. The Kier molecular flexibility index (Phi) is 3.46. The number of carbonyl (C=O) groups excluding carboxylic acids is 1. The van der Waals surface area contributed by atoms with Crippen LogP contribution in [0.1, 0.15) is 72.1 Å². The van der Waals surface area contributed by atoms with E-state index in [0.717, 1.165) is 40.6 Å². The summed E-state index contributed by atoms with van der Waals surface area (Å²) in [6, 6.07) is 0. The van der Waals surface area contributed by atoms with E-state index in [1.54, 1.807) is 6.92 Å². The first-order valence-corrected chi connectivity index (χ1v) is 11.2. The zero-order chi connectivity index (χ0) is 16.7. The van der Waals surface area contributed by atoms with Gasteiger partial charge in [0.15, 0.2) is 0 Å². The van der Waals surface area contributed by atoms with Gasteiger partial charge in [0.05, 0.1) is 0 Å². The molecule has 134 valence electrons. The highest BCUT2D eigenvalue weighted by Crippen LogP contribution is 2.70. The molecule has 0 aromatic rings. The maximum Gasteiger partial charge on any atom is 0.302 e. The zero-order valence-corrected chi connectivity index (χ0v) is 16.2. The number of hydrogen-bond donors (Lipinski definition) is 0. The molecule has 0 amide bonds. The topological polar surface area (TPSA) is 26.3 Å². The van der Waals surface area contributed by atoms with Crippen LogP contribution in [0, 0.1) is 34.5 Å². The minimum Gasteiger partial charge on any atom is -0.462 e. The average molecular weight is 349 g/mol. The second kappa shape index (κ2) is 5.18. The molecule has 0 aromatic heterocycles. The molecule has 5 rings (SSSR count). The Balaban J connectivity index is 1.41. The summed E-state index contributed by atoms with van der Waals surface area (Å²) in [5.41, 5.74) is 0.857. The van der Waals surface area contributed by atoms with E-state index >= 15 is 0 Å². The number of rotatable bonds is 1. The maximum atomic E-state index is 11.6. The van der Waals surface area contributed by atoms with Gasteiger partial charge < -0.3 is 4.74 Å².